The van der Waals surface area contributed by atoms with E-state index in [1.807, 2.05) is 0 Å². The van der Waals surface area contributed by atoms with Gasteiger partial charge in [0.25, 0.3) is 10.1 Å². The Hall–Kier alpha value is -2.85. The first-order valence-electron chi connectivity index (χ1n) is 5.55. The van der Waals surface area contributed by atoms with E-state index in [2.05, 4.69) is 9.47 Å². The lowest BCUT2D eigenvalue weighted by molar-refractivity contribution is 0.144. The molecule has 22 heavy (non-hydrogen) atoms. The van der Waals surface area contributed by atoms with Gasteiger partial charge in [0.1, 0.15) is 16.4 Å². The number of rotatable bonds is 3. The van der Waals surface area contributed by atoms with Crippen LogP contribution in [0.25, 0.3) is 10.8 Å². The Morgan fingerprint density at radius 1 is 0.909 bits per heavy atom. The highest BCUT2D eigenvalue weighted by Crippen LogP contribution is 2.37. The summed E-state index contributed by atoms with van der Waals surface area (Å²) >= 11 is 0. The third kappa shape index (κ3) is 3.07. The fourth-order valence-corrected chi connectivity index (χ4v) is 2.59. The first-order valence-corrected chi connectivity index (χ1v) is 6.99. The molecule has 0 saturated heterocycles. The highest BCUT2D eigenvalue weighted by Gasteiger charge is 2.21. The SMILES string of the molecule is O=C(O)Oc1cccc2c(S(=O)(=O)O)ccc(OC(=O)O)c12. The molecule has 2 aromatic carbocycles. The van der Waals surface area contributed by atoms with E-state index in [1.165, 1.54) is 18.2 Å². The topological polar surface area (TPSA) is 147 Å². The Balaban J connectivity index is 2.87. The Morgan fingerprint density at radius 2 is 1.45 bits per heavy atom. The van der Waals surface area contributed by atoms with Crippen molar-refractivity contribution in [3.63, 3.8) is 0 Å². The summed E-state index contributed by atoms with van der Waals surface area (Å²) in [7, 11) is -4.63. The van der Waals surface area contributed by atoms with Crippen LogP contribution in [-0.4, -0.2) is 35.5 Å². The lowest BCUT2D eigenvalue weighted by atomic mass is 10.1. The Bertz CT molecular complexity index is 847. The largest absolute Gasteiger partial charge is 0.511 e. The molecule has 0 saturated carbocycles. The lowest BCUT2D eigenvalue weighted by Crippen LogP contribution is -2.08. The first kappa shape index (κ1) is 15.5. The molecule has 0 heterocycles. The van der Waals surface area contributed by atoms with Gasteiger partial charge in [0.15, 0.2) is 0 Å². The van der Waals surface area contributed by atoms with Gasteiger partial charge in [-0.25, -0.2) is 9.59 Å². The second-order valence-corrected chi connectivity index (χ2v) is 5.34. The molecule has 2 aromatic rings. The highest BCUT2D eigenvalue weighted by molar-refractivity contribution is 7.86. The molecule has 0 aromatic heterocycles. The number of benzene rings is 2. The Labute approximate surface area is 123 Å². The smallest absolute Gasteiger partial charge is 0.449 e. The van der Waals surface area contributed by atoms with Crippen LogP contribution in [0.4, 0.5) is 9.59 Å². The van der Waals surface area contributed by atoms with Crippen molar-refractivity contribution >= 4 is 33.2 Å². The van der Waals surface area contributed by atoms with Gasteiger partial charge in [-0.1, -0.05) is 12.1 Å². The van der Waals surface area contributed by atoms with Crippen LogP contribution in [0.15, 0.2) is 35.2 Å². The van der Waals surface area contributed by atoms with Gasteiger partial charge < -0.3 is 19.7 Å². The average molecular weight is 328 g/mol. The van der Waals surface area contributed by atoms with Gasteiger partial charge in [0.05, 0.1) is 5.39 Å². The summed E-state index contributed by atoms with van der Waals surface area (Å²) in [4.78, 5) is 20.8. The first-order chi connectivity index (χ1) is 10.2. The molecular weight excluding hydrogens is 320 g/mol. The molecule has 10 heteroatoms. The van der Waals surface area contributed by atoms with Gasteiger partial charge in [-0.15, -0.1) is 0 Å². The van der Waals surface area contributed by atoms with Crippen LogP contribution in [0.1, 0.15) is 0 Å². The van der Waals surface area contributed by atoms with Crippen LogP contribution in [0, 0.1) is 0 Å². The summed E-state index contributed by atoms with van der Waals surface area (Å²) in [5.74, 6) is -0.682. The zero-order chi connectivity index (χ0) is 16.5. The third-order valence-electron chi connectivity index (χ3n) is 2.60. The maximum atomic E-state index is 11.4. The summed E-state index contributed by atoms with van der Waals surface area (Å²) in [6.07, 6.45) is -3.38. The second-order valence-electron chi connectivity index (χ2n) is 3.95. The van der Waals surface area contributed by atoms with Gasteiger partial charge >= 0.3 is 12.3 Å². The van der Waals surface area contributed by atoms with E-state index in [-0.39, 0.29) is 22.3 Å². The molecule has 0 atom stereocenters. The number of ether oxygens (including phenoxy) is 2. The lowest BCUT2D eigenvalue weighted by Gasteiger charge is -2.11. The van der Waals surface area contributed by atoms with Crippen LogP contribution in [0.3, 0.4) is 0 Å². The monoisotopic (exact) mass is 328 g/mol. The molecule has 0 aliphatic heterocycles. The van der Waals surface area contributed by atoms with Crippen molar-refractivity contribution in [1.82, 2.24) is 0 Å². The van der Waals surface area contributed by atoms with Gasteiger partial charge in [0.2, 0.25) is 0 Å². The summed E-state index contributed by atoms with van der Waals surface area (Å²) in [5, 5.41) is 17.0. The number of fused-ring (bicyclic) bond motifs is 1. The van der Waals surface area contributed by atoms with E-state index in [1.54, 1.807) is 0 Å². The van der Waals surface area contributed by atoms with E-state index in [0.717, 1.165) is 12.1 Å². The standard InChI is InChI=1S/C12H8O9S/c13-11(14)20-7-3-1-2-6-9(22(17,18)19)5-4-8(10(6)7)21-12(15)16/h1-5H,(H,13,14)(H,15,16)(H,17,18,19). The number of hydrogen-bond acceptors (Lipinski definition) is 6. The highest BCUT2D eigenvalue weighted by atomic mass is 32.2. The summed E-state index contributed by atoms with van der Waals surface area (Å²) < 4.78 is 40.9. The predicted octanol–water partition coefficient (Wildman–Crippen LogP) is 2.20. The zero-order valence-electron chi connectivity index (χ0n) is 10.6. The average Bonchev–Trinajstić information content (AvgIpc) is 2.36. The van der Waals surface area contributed by atoms with E-state index >= 15 is 0 Å². The number of hydrogen-bond donors (Lipinski definition) is 3. The Kier molecular flexibility index (Phi) is 3.89. The van der Waals surface area contributed by atoms with Crippen molar-refractivity contribution in [2.24, 2.45) is 0 Å². The molecule has 116 valence electrons. The fraction of sp³-hybridized carbons (Fsp3) is 0. The second kappa shape index (κ2) is 5.50. The molecule has 0 unspecified atom stereocenters. The molecule has 0 aliphatic rings. The fourth-order valence-electron chi connectivity index (χ4n) is 1.90. The third-order valence-corrected chi connectivity index (χ3v) is 3.51. The molecule has 0 spiro atoms. The van der Waals surface area contributed by atoms with Crippen LogP contribution in [0.5, 0.6) is 11.5 Å². The van der Waals surface area contributed by atoms with Crippen LogP contribution in [0.2, 0.25) is 0 Å². The quantitative estimate of drug-likeness (QED) is 0.438. The number of carbonyl (C=O) groups is 2. The van der Waals surface area contributed by atoms with Crippen molar-refractivity contribution in [3.8, 4) is 11.5 Å². The minimum atomic E-state index is -4.63. The minimum Gasteiger partial charge on any atom is -0.449 e. The van der Waals surface area contributed by atoms with Crippen molar-refractivity contribution in [3.05, 3.63) is 30.3 Å². The van der Waals surface area contributed by atoms with Gasteiger partial charge in [0, 0.05) is 5.39 Å². The van der Waals surface area contributed by atoms with Crippen molar-refractivity contribution < 1.29 is 42.2 Å². The maximum Gasteiger partial charge on any atom is 0.511 e. The molecular formula is C12H8O9S. The molecule has 0 aliphatic carbocycles. The molecule has 3 N–H and O–H groups in total. The van der Waals surface area contributed by atoms with Crippen molar-refractivity contribution in [2.75, 3.05) is 0 Å². The summed E-state index contributed by atoms with van der Waals surface area (Å²) in [5.41, 5.74) is 0. The molecule has 0 radical (unpaired) electrons. The predicted molar refractivity (Wildman–Crippen MR) is 71.1 cm³/mol. The van der Waals surface area contributed by atoms with Crippen molar-refractivity contribution in [1.29, 1.82) is 0 Å². The van der Waals surface area contributed by atoms with E-state index in [4.69, 9.17) is 10.2 Å². The van der Waals surface area contributed by atoms with Gasteiger partial charge in [-0.05, 0) is 18.2 Å². The minimum absolute atomic E-state index is 0.153. The van der Waals surface area contributed by atoms with Crippen LogP contribution >= 0.6 is 0 Å². The van der Waals surface area contributed by atoms with Gasteiger partial charge in [-0.3, -0.25) is 4.55 Å². The normalized spacial score (nSPS) is 11.1. The summed E-state index contributed by atoms with van der Waals surface area (Å²) in [6, 6.07) is 5.59. The van der Waals surface area contributed by atoms with E-state index in [0.29, 0.717) is 0 Å². The maximum absolute atomic E-state index is 11.4. The van der Waals surface area contributed by atoms with E-state index in [9.17, 15) is 22.6 Å². The zero-order valence-corrected chi connectivity index (χ0v) is 11.4. The number of carboxylic acid groups (broad SMARTS) is 2. The molecule has 0 fully saturated rings. The summed E-state index contributed by atoms with van der Waals surface area (Å²) in [6.45, 7) is 0. The molecule has 9 nitrogen and oxygen atoms in total. The molecule has 2 rings (SSSR count). The van der Waals surface area contributed by atoms with Crippen LogP contribution < -0.4 is 9.47 Å². The molecule has 0 amide bonds. The van der Waals surface area contributed by atoms with E-state index < -0.39 is 27.3 Å². The van der Waals surface area contributed by atoms with Crippen LogP contribution in [-0.2, 0) is 10.1 Å². The van der Waals surface area contributed by atoms with Gasteiger partial charge in [-0.2, -0.15) is 8.42 Å². The molecule has 0 bridgehead atoms. The van der Waals surface area contributed by atoms with Crippen molar-refractivity contribution in [2.45, 2.75) is 4.90 Å². The Morgan fingerprint density at radius 3 is 1.95 bits per heavy atom.